The van der Waals surface area contributed by atoms with Crippen molar-refractivity contribution in [2.24, 2.45) is 0 Å². The van der Waals surface area contributed by atoms with Crippen LogP contribution < -0.4 is 4.18 Å². The van der Waals surface area contributed by atoms with Crippen molar-refractivity contribution in [1.82, 2.24) is 4.98 Å². The Hall–Kier alpha value is -1.70. The molecule has 0 saturated heterocycles. The van der Waals surface area contributed by atoms with E-state index in [0.29, 0.717) is 5.39 Å². The molecule has 1 heterocycles. The smallest absolute Gasteiger partial charge is 0.375 e. The maximum Gasteiger partial charge on any atom is 0.534 e. The zero-order chi connectivity index (χ0) is 12.7. The van der Waals surface area contributed by atoms with Gasteiger partial charge >= 0.3 is 15.6 Å². The SMILES string of the molecule is O=S(=O)(Oc1cccc2c[nH]cc12)C(F)(F)F. The van der Waals surface area contributed by atoms with Crippen molar-refractivity contribution in [3.8, 4) is 5.75 Å². The summed E-state index contributed by atoms with van der Waals surface area (Å²) in [6.07, 6.45) is 2.87. The fourth-order valence-electron chi connectivity index (χ4n) is 1.29. The van der Waals surface area contributed by atoms with Crippen molar-refractivity contribution < 1.29 is 25.8 Å². The molecule has 17 heavy (non-hydrogen) atoms. The zero-order valence-electron chi connectivity index (χ0n) is 8.15. The largest absolute Gasteiger partial charge is 0.534 e. The standard InChI is InChI=1S/C9H6F3NO3S/c10-9(11,12)17(14,15)16-8-3-1-2-6-4-13-5-7(6)8/h1-5,13H. The molecule has 0 bridgehead atoms. The summed E-state index contributed by atoms with van der Waals surface area (Å²) in [7, 11) is -5.63. The molecule has 8 heteroatoms. The normalized spacial score (nSPS) is 12.9. The Bertz CT molecular complexity index is 645. The molecule has 0 amide bonds. The first kappa shape index (κ1) is 11.8. The number of nitrogens with one attached hydrogen (secondary N) is 1. The van der Waals surface area contributed by atoms with E-state index in [9.17, 15) is 21.6 Å². The molecule has 2 aromatic rings. The number of aromatic amines is 1. The van der Waals surface area contributed by atoms with Gasteiger partial charge in [0, 0.05) is 23.2 Å². The molecule has 0 fully saturated rings. The number of hydrogen-bond donors (Lipinski definition) is 1. The molecule has 0 aliphatic heterocycles. The fourth-order valence-corrected chi connectivity index (χ4v) is 1.77. The Kier molecular flexibility index (Phi) is 2.53. The van der Waals surface area contributed by atoms with Crippen LogP contribution in [0.15, 0.2) is 30.6 Å². The van der Waals surface area contributed by atoms with Crippen LogP contribution in [-0.4, -0.2) is 18.9 Å². The highest BCUT2D eigenvalue weighted by molar-refractivity contribution is 7.88. The van der Waals surface area contributed by atoms with E-state index in [2.05, 4.69) is 9.17 Å². The van der Waals surface area contributed by atoms with Gasteiger partial charge in [0.15, 0.2) is 5.75 Å². The molecule has 2 rings (SSSR count). The Labute approximate surface area is 94.1 Å². The van der Waals surface area contributed by atoms with E-state index in [1.54, 1.807) is 6.07 Å². The van der Waals surface area contributed by atoms with Crippen molar-refractivity contribution in [2.75, 3.05) is 0 Å². The zero-order valence-corrected chi connectivity index (χ0v) is 8.97. The predicted molar refractivity (Wildman–Crippen MR) is 53.9 cm³/mol. The van der Waals surface area contributed by atoms with Gasteiger partial charge in [-0.3, -0.25) is 0 Å². The molecule has 0 radical (unpaired) electrons. The number of fused-ring (bicyclic) bond motifs is 1. The van der Waals surface area contributed by atoms with E-state index in [-0.39, 0.29) is 11.1 Å². The molecular formula is C9H6F3NO3S. The van der Waals surface area contributed by atoms with Crippen LogP contribution in [0.2, 0.25) is 0 Å². The average molecular weight is 265 g/mol. The number of alkyl halides is 3. The monoisotopic (exact) mass is 265 g/mol. The number of halogens is 3. The van der Waals surface area contributed by atoms with Crippen LogP contribution >= 0.6 is 0 Å². The molecule has 0 saturated carbocycles. The van der Waals surface area contributed by atoms with Gasteiger partial charge in [0.1, 0.15) is 0 Å². The minimum absolute atomic E-state index is 0.264. The van der Waals surface area contributed by atoms with E-state index in [0.717, 1.165) is 6.07 Å². The summed E-state index contributed by atoms with van der Waals surface area (Å²) in [5.74, 6) is -0.360. The summed E-state index contributed by atoms with van der Waals surface area (Å²) >= 11 is 0. The molecule has 0 unspecified atom stereocenters. The molecular weight excluding hydrogens is 259 g/mol. The lowest BCUT2D eigenvalue weighted by Gasteiger charge is -2.09. The molecule has 0 atom stereocenters. The van der Waals surface area contributed by atoms with E-state index in [1.165, 1.54) is 18.5 Å². The summed E-state index contributed by atoms with van der Waals surface area (Å²) in [5, 5.41) is 0.820. The molecule has 0 aliphatic carbocycles. The number of rotatable bonds is 2. The predicted octanol–water partition coefficient (Wildman–Crippen LogP) is 2.40. The van der Waals surface area contributed by atoms with E-state index >= 15 is 0 Å². The average Bonchev–Trinajstić information content (AvgIpc) is 2.64. The van der Waals surface area contributed by atoms with Crippen molar-refractivity contribution >= 4 is 20.9 Å². The quantitative estimate of drug-likeness (QED) is 0.670. The van der Waals surface area contributed by atoms with Gasteiger partial charge in [-0.15, -0.1) is 0 Å². The van der Waals surface area contributed by atoms with Crippen LogP contribution in [0.25, 0.3) is 10.8 Å². The Morgan fingerprint density at radius 1 is 1.18 bits per heavy atom. The summed E-state index contributed by atoms with van der Waals surface area (Å²) in [6.45, 7) is 0. The first-order valence-corrected chi connectivity index (χ1v) is 5.78. The summed E-state index contributed by atoms with van der Waals surface area (Å²) < 4.78 is 62.1. The number of H-pyrrole nitrogens is 1. The van der Waals surface area contributed by atoms with E-state index in [1.807, 2.05) is 0 Å². The fraction of sp³-hybridized carbons (Fsp3) is 0.111. The molecule has 4 nitrogen and oxygen atoms in total. The lowest BCUT2D eigenvalue weighted by atomic mass is 10.2. The Morgan fingerprint density at radius 3 is 2.53 bits per heavy atom. The van der Waals surface area contributed by atoms with Crippen molar-refractivity contribution in [1.29, 1.82) is 0 Å². The third-order valence-corrected chi connectivity index (χ3v) is 3.02. The molecule has 1 N–H and O–H groups in total. The minimum atomic E-state index is -5.63. The number of aromatic nitrogens is 1. The summed E-state index contributed by atoms with van der Waals surface area (Å²) in [6, 6.07) is 4.16. The summed E-state index contributed by atoms with van der Waals surface area (Å²) in [4.78, 5) is 2.65. The van der Waals surface area contributed by atoms with Gasteiger partial charge in [0.2, 0.25) is 0 Å². The maximum atomic E-state index is 12.1. The van der Waals surface area contributed by atoms with Gasteiger partial charge in [-0.1, -0.05) is 12.1 Å². The first-order chi connectivity index (χ1) is 7.81. The lowest BCUT2D eigenvalue weighted by Crippen LogP contribution is -2.28. The highest BCUT2D eigenvalue weighted by Gasteiger charge is 2.48. The summed E-state index contributed by atoms with van der Waals surface area (Å²) in [5.41, 5.74) is -5.44. The van der Waals surface area contributed by atoms with Crippen molar-refractivity contribution in [3.05, 3.63) is 30.6 Å². The van der Waals surface area contributed by atoms with Crippen molar-refractivity contribution in [2.45, 2.75) is 5.51 Å². The third kappa shape index (κ3) is 2.07. The second-order valence-electron chi connectivity index (χ2n) is 3.20. The van der Waals surface area contributed by atoms with Gasteiger partial charge < -0.3 is 9.17 Å². The number of hydrogen-bond acceptors (Lipinski definition) is 3. The third-order valence-electron chi connectivity index (χ3n) is 2.05. The van der Waals surface area contributed by atoms with Gasteiger partial charge in [-0.05, 0) is 6.07 Å². The highest BCUT2D eigenvalue weighted by atomic mass is 32.2. The molecule has 1 aromatic heterocycles. The second-order valence-corrected chi connectivity index (χ2v) is 4.74. The second kappa shape index (κ2) is 3.66. The van der Waals surface area contributed by atoms with Crippen LogP contribution in [0, 0.1) is 0 Å². The molecule has 0 spiro atoms. The molecule has 0 aliphatic rings. The topological polar surface area (TPSA) is 59.2 Å². The van der Waals surface area contributed by atoms with Gasteiger partial charge in [-0.2, -0.15) is 21.6 Å². The molecule has 1 aromatic carbocycles. The van der Waals surface area contributed by atoms with Crippen LogP contribution in [0.4, 0.5) is 13.2 Å². The van der Waals surface area contributed by atoms with Crippen LogP contribution in [-0.2, 0) is 10.1 Å². The highest BCUT2D eigenvalue weighted by Crippen LogP contribution is 2.31. The maximum absolute atomic E-state index is 12.1. The first-order valence-electron chi connectivity index (χ1n) is 4.37. The van der Waals surface area contributed by atoms with Crippen LogP contribution in [0.1, 0.15) is 0 Å². The Morgan fingerprint density at radius 2 is 1.88 bits per heavy atom. The van der Waals surface area contributed by atoms with E-state index in [4.69, 9.17) is 0 Å². The van der Waals surface area contributed by atoms with E-state index < -0.39 is 15.6 Å². The minimum Gasteiger partial charge on any atom is -0.375 e. The van der Waals surface area contributed by atoms with Gasteiger partial charge in [0.05, 0.1) is 0 Å². The van der Waals surface area contributed by atoms with Crippen LogP contribution in [0.5, 0.6) is 5.75 Å². The van der Waals surface area contributed by atoms with Gasteiger partial charge in [-0.25, -0.2) is 0 Å². The molecule has 92 valence electrons. The number of benzene rings is 1. The van der Waals surface area contributed by atoms with Crippen molar-refractivity contribution in [3.63, 3.8) is 0 Å². The van der Waals surface area contributed by atoms with Gasteiger partial charge in [0.25, 0.3) is 0 Å². The Balaban J connectivity index is 2.47. The van der Waals surface area contributed by atoms with Crippen LogP contribution in [0.3, 0.4) is 0 Å². The lowest BCUT2D eigenvalue weighted by molar-refractivity contribution is -0.0499.